The van der Waals surface area contributed by atoms with Crippen LogP contribution in [0.5, 0.6) is 5.75 Å². The summed E-state index contributed by atoms with van der Waals surface area (Å²) in [5, 5.41) is 0. The molecule has 0 radical (unpaired) electrons. The van der Waals surface area contributed by atoms with E-state index in [0.29, 0.717) is 35.7 Å². The van der Waals surface area contributed by atoms with Crippen molar-refractivity contribution in [3.8, 4) is 5.75 Å². The number of ether oxygens (including phenoxy) is 2. The molecule has 2 aromatic carbocycles. The first-order chi connectivity index (χ1) is 13.6. The quantitative estimate of drug-likeness (QED) is 0.334. The van der Waals surface area contributed by atoms with Crippen molar-refractivity contribution in [1.29, 1.82) is 0 Å². The third-order valence-corrected chi connectivity index (χ3v) is 4.44. The van der Waals surface area contributed by atoms with Crippen LogP contribution in [0.15, 0.2) is 66.9 Å². The van der Waals surface area contributed by atoms with Crippen molar-refractivity contribution in [3.05, 3.63) is 89.2 Å². The zero-order valence-electron chi connectivity index (χ0n) is 16.1. The van der Waals surface area contributed by atoms with Gasteiger partial charge in [0.25, 0.3) is 0 Å². The number of ketones is 1. The van der Waals surface area contributed by atoms with Gasteiger partial charge in [0.1, 0.15) is 5.75 Å². The summed E-state index contributed by atoms with van der Waals surface area (Å²) >= 11 is 0. The van der Waals surface area contributed by atoms with E-state index in [1.54, 1.807) is 24.3 Å². The van der Waals surface area contributed by atoms with Gasteiger partial charge in [0, 0.05) is 18.3 Å². The van der Waals surface area contributed by atoms with E-state index < -0.39 is 5.97 Å². The average molecular weight is 377 g/mol. The molecule has 5 heteroatoms. The molecular formula is C23H23NO4. The molecular weight excluding hydrogens is 354 g/mol. The van der Waals surface area contributed by atoms with Crippen molar-refractivity contribution in [1.82, 2.24) is 4.57 Å². The number of esters is 1. The molecule has 3 aromatic rings. The number of benzene rings is 2. The Morgan fingerprint density at radius 1 is 0.964 bits per heavy atom. The van der Waals surface area contributed by atoms with Crippen LogP contribution in [0.1, 0.15) is 38.4 Å². The molecule has 0 saturated heterocycles. The Morgan fingerprint density at radius 3 is 2.50 bits per heavy atom. The lowest BCUT2D eigenvalue weighted by molar-refractivity contribution is 0.0600. The predicted octanol–water partition coefficient (Wildman–Crippen LogP) is 4.28. The Labute approximate surface area is 164 Å². The Balaban J connectivity index is 1.56. The Hall–Kier alpha value is -3.34. The lowest BCUT2D eigenvalue weighted by atomic mass is 10.1. The number of rotatable bonds is 8. The van der Waals surface area contributed by atoms with E-state index in [0.717, 1.165) is 12.0 Å². The summed E-state index contributed by atoms with van der Waals surface area (Å²) in [4.78, 5) is 24.3. The van der Waals surface area contributed by atoms with Gasteiger partial charge in [-0.15, -0.1) is 0 Å². The van der Waals surface area contributed by atoms with E-state index >= 15 is 0 Å². The normalized spacial score (nSPS) is 10.5. The molecule has 0 aliphatic carbocycles. The molecule has 0 spiro atoms. The van der Waals surface area contributed by atoms with Crippen LogP contribution in [-0.4, -0.2) is 30.0 Å². The summed E-state index contributed by atoms with van der Waals surface area (Å²) in [5.74, 6) is 0.236. The second-order valence-electron chi connectivity index (χ2n) is 6.50. The zero-order chi connectivity index (χ0) is 19.9. The topological polar surface area (TPSA) is 57.5 Å². The summed E-state index contributed by atoms with van der Waals surface area (Å²) in [5.41, 5.74) is 2.93. The van der Waals surface area contributed by atoms with Gasteiger partial charge in [-0.2, -0.15) is 0 Å². The van der Waals surface area contributed by atoms with Gasteiger partial charge >= 0.3 is 5.97 Å². The molecule has 0 bridgehead atoms. The van der Waals surface area contributed by atoms with Crippen molar-refractivity contribution in [2.45, 2.75) is 19.9 Å². The van der Waals surface area contributed by atoms with Gasteiger partial charge in [0.15, 0.2) is 0 Å². The highest BCUT2D eigenvalue weighted by molar-refractivity contribution is 6.08. The molecule has 0 atom stereocenters. The summed E-state index contributed by atoms with van der Waals surface area (Å²) in [6, 6.07) is 18.2. The van der Waals surface area contributed by atoms with Gasteiger partial charge in [-0.25, -0.2) is 4.79 Å². The fraction of sp³-hybridized carbons (Fsp3) is 0.217. The monoisotopic (exact) mass is 377 g/mol. The first kappa shape index (κ1) is 19.4. The molecule has 28 heavy (non-hydrogen) atoms. The first-order valence-corrected chi connectivity index (χ1v) is 9.16. The van der Waals surface area contributed by atoms with Gasteiger partial charge in [-0.3, -0.25) is 4.79 Å². The Morgan fingerprint density at radius 2 is 1.75 bits per heavy atom. The smallest absolute Gasteiger partial charge is 0.337 e. The SMILES string of the molecule is COC(=O)c1cccc(OCCCn2cccc2C(=O)c2ccc(C)cc2)c1. The van der Waals surface area contributed by atoms with Gasteiger partial charge in [0.2, 0.25) is 5.78 Å². The molecule has 1 aromatic heterocycles. The van der Waals surface area contributed by atoms with Crippen LogP contribution >= 0.6 is 0 Å². The number of carbonyl (C=O) groups is 2. The molecule has 0 fully saturated rings. The minimum absolute atomic E-state index is 0.0108. The fourth-order valence-electron chi connectivity index (χ4n) is 2.92. The van der Waals surface area contributed by atoms with Crippen molar-refractivity contribution in [2.75, 3.05) is 13.7 Å². The highest BCUT2D eigenvalue weighted by atomic mass is 16.5. The summed E-state index contributed by atoms with van der Waals surface area (Å²) in [7, 11) is 1.35. The first-order valence-electron chi connectivity index (χ1n) is 9.16. The third kappa shape index (κ3) is 4.68. The zero-order valence-corrected chi connectivity index (χ0v) is 16.1. The Bertz CT molecular complexity index is 957. The van der Waals surface area contributed by atoms with Crippen LogP contribution in [0.25, 0.3) is 0 Å². The van der Waals surface area contributed by atoms with Gasteiger partial charge in [-0.05, 0) is 43.7 Å². The van der Waals surface area contributed by atoms with Gasteiger partial charge in [-0.1, -0.05) is 35.9 Å². The molecule has 0 saturated carbocycles. The second-order valence-corrected chi connectivity index (χ2v) is 6.50. The lowest BCUT2D eigenvalue weighted by Crippen LogP contribution is -2.12. The minimum atomic E-state index is -0.392. The van der Waals surface area contributed by atoms with Crippen molar-refractivity contribution < 1.29 is 19.1 Å². The van der Waals surface area contributed by atoms with Crippen LogP contribution < -0.4 is 4.74 Å². The van der Waals surface area contributed by atoms with E-state index in [1.807, 2.05) is 54.1 Å². The summed E-state index contributed by atoms with van der Waals surface area (Å²) in [6.07, 6.45) is 2.63. The molecule has 144 valence electrons. The maximum atomic E-state index is 12.7. The Kier molecular flexibility index (Phi) is 6.27. The molecule has 3 rings (SSSR count). The number of methoxy groups -OCH3 is 1. The molecule has 0 N–H and O–H groups in total. The molecule has 1 heterocycles. The number of aromatic nitrogens is 1. The highest BCUT2D eigenvalue weighted by Gasteiger charge is 2.13. The number of hydrogen-bond acceptors (Lipinski definition) is 4. The maximum Gasteiger partial charge on any atom is 0.337 e. The van der Waals surface area contributed by atoms with Crippen LogP contribution in [0.3, 0.4) is 0 Å². The van der Waals surface area contributed by atoms with Gasteiger partial charge < -0.3 is 14.0 Å². The number of nitrogens with zero attached hydrogens (tertiary/aromatic N) is 1. The van der Waals surface area contributed by atoms with E-state index in [2.05, 4.69) is 0 Å². The van der Waals surface area contributed by atoms with Crippen molar-refractivity contribution in [3.63, 3.8) is 0 Å². The fourth-order valence-corrected chi connectivity index (χ4v) is 2.92. The van der Waals surface area contributed by atoms with E-state index in [-0.39, 0.29) is 5.78 Å². The maximum absolute atomic E-state index is 12.7. The number of hydrogen-bond donors (Lipinski definition) is 0. The predicted molar refractivity (Wildman–Crippen MR) is 107 cm³/mol. The molecule has 5 nitrogen and oxygen atoms in total. The van der Waals surface area contributed by atoms with Crippen LogP contribution in [0.2, 0.25) is 0 Å². The molecule has 0 amide bonds. The number of carbonyl (C=O) groups excluding carboxylic acids is 2. The van der Waals surface area contributed by atoms with E-state index in [1.165, 1.54) is 7.11 Å². The van der Waals surface area contributed by atoms with Crippen LogP contribution in [0.4, 0.5) is 0 Å². The summed E-state index contributed by atoms with van der Waals surface area (Å²) < 4.78 is 12.4. The van der Waals surface area contributed by atoms with Crippen LogP contribution in [0, 0.1) is 6.92 Å². The van der Waals surface area contributed by atoms with Crippen molar-refractivity contribution >= 4 is 11.8 Å². The van der Waals surface area contributed by atoms with Crippen LogP contribution in [-0.2, 0) is 11.3 Å². The number of aryl methyl sites for hydroxylation is 2. The van der Waals surface area contributed by atoms with Gasteiger partial charge in [0.05, 0.1) is 25.0 Å². The standard InChI is InChI=1S/C23H23NO4/c1-17-9-11-18(12-10-17)22(25)21-8-4-13-24(21)14-5-15-28-20-7-3-6-19(16-20)23(26)27-2/h3-4,6-13,16H,5,14-15H2,1-2H3. The average Bonchev–Trinajstić information content (AvgIpc) is 3.19. The molecule has 0 aliphatic rings. The molecule has 0 unspecified atom stereocenters. The second kappa shape index (κ2) is 9.04. The van der Waals surface area contributed by atoms with E-state index in [4.69, 9.17) is 9.47 Å². The minimum Gasteiger partial charge on any atom is -0.494 e. The lowest BCUT2D eigenvalue weighted by Gasteiger charge is -2.10. The third-order valence-electron chi connectivity index (χ3n) is 4.44. The van der Waals surface area contributed by atoms with E-state index in [9.17, 15) is 9.59 Å². The highest BCUT2D eigenvalue weighted by Crippen LogP contribution is 2.15. The molecule has 0 aliphatic heterocycles. The largest absolute Gasteiger partial charge is 0.494 e. The van der Waals surface area contributed by atoms with Crippen molar-refractivity contribution in [2.24, 2.45) is 0 Å². The summed E-state index contributed by atoms with van der Waals surface area (Å²) in [6.45, 7) is 3.13.